The molecular formula is C14H27N3OS. The first-order valence-corrected chi connectivity index (χ1v) is 8.39. The van der Waals surface area contributed by atoms with E-state index in [2.05, 4.69) is 31.0 Å². The van der Waals surface area contributed by atoms with E-state index in [0.717, 1.165) is 49.7 Å². The minimum absolute atomic E-state index is 0.460. The van der Waals surface area contributed by atoms with Crippen LogP contribution in [0.4, 0.5) is 0 Å². The second-order valence-corrected chi connectivity index (χ2v) is 7.00. The Morgan fingerprint density at radius 2 is 2.11 bits per heavy atom. The van der Waals surface area contributed by atoms with E-state index in [1.165, 1.54) is 6.42 Å². The van der Waals surface area contributed by atoms with Crippen LogP contribution in [-0.4, -0.2) is 60.8 Å². The number of hydrogen-bond donors (Lipinski definition) is 1. The van der Waals surface area contributed by atoms with Crippen molar-refractivity contribution in [3.8, 4) is 0 Å². The summed E-state index contributed by atoms with van der Waals surface area (Å²) < 4.78 is 5.38. The first-order chi connectivity index (χ1) is 9.13. The molecule has 0 bridgehead atoms. The maximum absolute atomic E-state index is 5.38. The summed E-state index contributed by atoms with van der Waals surface area (Å²) in [6.45, 7) is 11.7. The van der Waals surface area contributed by atoms with Gasteiger partial charge in [-0.15, -0.1) is 0 Å². The average Bonchev–Trinajstić information content (AvgIpc) is 2.76. The molecule has 2 unspecified atom stereocenters. The van der Waals surface area contributed by atoms with Gasteiger partial charge in [0.05, 0.1) is 19.3 Å². The fraction of sp³-hybridized carbons (Fsp3) is 0.929. The second kappa shape index (κ2) is 7.50. The molecule has 2 aliphatic rings. The number of nitrogens with one attached hydrogen (secondary N) is 1. The first-order valence-electron chi connectivity index (χ1n) is 7.40. The van der Waals surface area contributed by atoms with Crippen LogP contribution in [0, 0.1) is 5.92 Å². The maximum atomic E-state index is 5.38. The molecule has 4 nitrogen and oxygen atoms in total. The molecule has 2 heterocycles. The Labute approximate surface area is 121 Å². The molecular weight excluding hydrogens is 258 g/mol. The Morgan fingerprint density at radius 1 is 1.37 bits per heavy atom. The largest absolute Gasteiger partial charge is 0.379 e. The zero-order valence-corrected chi connectivity index (χ0v) is 13.2. The van der Waals surface area contributed by atoms with E-state index < -0.39 is 0 Å². The molecule has 0 spiro atoms. The van der Waals surface area contributed by atoms with Crippen molar-refractivity contribution in [2.24, 2.45) is 10.9 Å². The van der Waals surface area contributed by atoms with Gasteiger partial charge in [-0.25, -0.2) is 0 Å². The number of rotatable bonds is 5. The standard InChI is InChI=1S/C14H27N3OS/c1-11(2)8-13-10-19-14(16-13)15-12(3)9-17-4-6-18-7-5-17/h11-13H,4-10H2,1-3H3,(H,15,16). The summed E-state index contributed by atoms with van der Waals surface area (Å²) in [4.78, 5) is 7.25. The van der Waals surface area contributed by atoms with Gasteiger partial charge in [-0.05, 0) is 19.3 Å². The van der Waals surface area contributed by atoms with E-state index in [9.17, 15) is 0 Å². The summed E-state index contributed by atoms with van der Waals surface area (Å²) in [5.41, 5.74) is 0. The highest BCUT2D eigenvalue weighted by Gasteiger charge is 2.21. The zero-order valence-electron chi connectivity index (χ0n) is 12.4. The molecule has 110 valence electrons. The fourth-order valence-electron chi connectivity index (χ4n) is 2.59. The van der Waals surface area contributed by atoms with Gasteiger partial charge in [0, 0.05) is 31.4 Å². The van der Waals surface area contributed by atoms with E-state index in [1.54, 1.807) is 0 Å². The van der Waals surface area contributed by atoms with Crippen LogP contribution >= 0.6 is 11.8 Å². The minimum Gasteiger partial charge on any atom is -0.379 e. The zero-order chi connectivity index (χ0) is 13.7. The third-order valence-corrected chi connectivity index (χ3v) is 4.51. The summed E-state index contributed by atoms with van der Waals surface area (Å²) in [7, 11) is 0. The van der Waals surface area contributed by atoms with Crippen LogP contribution in [0.3, 0.4) is 0 Å². The molecule has 1 N–H and O–H groups in total. The first kappa shape index (κ1) is 15.1. The molecule has 0 radical (unpaired) electrons. The van der Waals surface area contributed by atoms with E-state index in [4.69, 9.17) is 9.73 Å². The smallest absolute Gasteiger partial charge is 0.157 e. The third kappa shape index (κ3) is 5.32. The summed E-state index contributed by atoms with van der Waals surface area (Å²) in [5, 5.41) is 4.70. The van der Waals surface area contributed by atoms with Crippen molar-refractivity contribution in [2.45, 2.75) is 39.3 Å². The van der Waals surface area contributed by atoms with Gasteiger partial charge in [0.25, 0.3) is 0 Å². The Bertz CT molecular complexity index is 303. The molecule has 1 saturated heterocycles. The quantitative estimate of drug-likeness (QED) is 0.836. The molecule has 0 aromatic carbocycles. The van der Waals surface area contributed by atoms with E-state index in [-0.39, 0.29) is 0 Å². The van der Waals surface area contributed by atoms with Crippen LogP contribution in [0.15, 0.2) is 4.99 Å². The van der Waals surface area contributed by atoms with Crippen LogP contribution in [0.2, 0.25) is 0 Å². The van der Waals surface area contributed by atoms with Crippen molar-refractivity contribution in [2.75, 3.05) is 38.6 Å². The Morgan fingerprint density at radius 3 is 2.79 bits per heavy atom. The van der Waals surface area contributed by atoms with Gasteiger partial charge in [0.15, 0.2) is 5.17 Å². The van der Waals surface area contributed by atoms with Gasteiger partial charge in [-0.2, -0.15) is 0 Å². The van der Waals surface area contributed by atoms with Gasteiger partial charge >= 0.3 is 0 Å². The number of ether oxygens (including phenoxy) is 1. The average molecular weight is 285 g/mol. The normalized spacial score (nSPS) is 26.5. The summed E-state index contributed by atoms with van der Waals surface area (Å²) in [5.74, 6) is 1.88. The number of amidine groups is 1. The Hall–Kier alpha value is -0.260. The number of nitrogens with zero attached hydrogens (tertiary/aromatic N) is 2. The molecule has 0 aromatic heterocycles. The summed E-state index contributed by atoms with van der Waals surface area (Å²) in [6.07, 6.45) is 1.20. The van der Waals surface area contributed by atoms with Crippen molar-refractivity contribution in [3.05, 3.63) is 0 Å². The lowest BCUT2D eigenvalue weighted by Crippen LogP contribution is -2.45. The molecule has 2 rings (SSSR count). The molecule has 0 amide bonds. The van der Waals surface area contributed by atoms with E-state index in [0.29, 0.717) is 12.1 Å². The van der Waals surface area contributed by atoms with E-state index in [1.807, 2.05) is 11.8 Å². The molecule has 2 aliphatic heterocycles. The Kier molecular flexibility index (Phi) is 5.98. The van der Waals surface area contributed by atoms with Crippen molar-refractivity contribution in [3.63, 3.8) is 0 Å². The lowest BCUT2D eigenvalue weighted by atomic mass is 10.1. The molecule has 5 heteroatoms. The molecule has 0 aliphatic carbocycles. The van der Waals surface area contributed by atoms with Gasteiger partial charge < -0.3 is 10.1 Å². The number of morpholine rings is 1. The number of thioether (sulfide) groups is 1. The van der Waals surface area contributed by atoms with Crippen LogP contribution in [0.5, 0.6) is 0 Å². The molecule has 0 aromatic rings. The van der Waals surface area contributed by atoms with E-state index >= 15 is 0 Å². The van der Waals surface area contributed by atoms with Crippen LogP contribution in [0.1, 0.15) is 27.2 Å². The predicted molar refractivity (Wildman–Crippen MR) is 83.0 cm³/mol. The monoisotopic (exact) mass is 285 g/mol. The summed E-state index contributed by atoms with van der Waals surface area (Å²) >= 11 is 1.88. The predicted octanol–water partition coefficient (Wildman–Crippen LogP) is 1.81. The van der Waals surface area contributed by atoms with Crippen LogP contribution < -0.4 is 5.32 Å². The lowest BCUT2D eigenvalue weighted by molar-refractivity contribution is 0.0353. The molecule has 0 saturated carbocycles. The van der Waals surface area contributed by atoms with Gasteiger partial charge in [-0.3, -0.25) is 9.89 Å². The molecule has 1 fully saturated rings. The van der Waals surface area contributed by atoms with Crippen LogP contribution in [-0.2, 0) is 4.74 Å². The van der Waals surface area contributed by atoms with Crippen molar-refractivity contribution in [1.82, 2.24) is 10.2 Å². The highest BCUT2D eigenvalue weighted by molar-refractivity contribution is 8.14. The SMILES string of the molecule is CC(C)CC1CSC(NC(C)CN2CCOCC2)=N1. The third-order valence-electron chi connectivity index (χ3n) is 3.46. The summed E-state index contributed by atoms with van der Waals surface area (Å²) in [6, 6.07) is 0.977. The molecule has 2 atom stereocenters. The van der Waals surface area contributed by atoms with Gasteiger partial charge in [-0.1, -0.05) is 25.6 Å². The van der Waals surface area contributed by atoms with Crippen LogP contribution in [0.25, 0.3) is 0 Å². The number of hydrogen-bond acceptors (Lipinski definition) is 5. The molecule has 19 heavy (non-hydrogen) atoms. The van der Waals surface area contributed by atoms with Crippen molar-refractivity contribution in [1.29, 1.82) is 0 Å². The van der Waals surface area contributed by atoms with Gasteiger partial charge in [0.2, 0.25) is 0 Å². The highest BCUT2D eigenvalue weighted by Crippen LogP contribution is 2.22. The minimum atomic E-state index is 0.460. The van der Waals surface area contributed by atoms with Crippen molar-refractivity contribution < 1.29 is 4.74 Å². The topological polar surface area (TPSA) is 36.9 Å². The fourth-order valence-corrected chi connectivity index (χ4v) is 3.66. The van der Waals surface area contributed by atoms with Gasteiger partial charge in [0.1, 0.15) is 0 Å². The number of aliphatic imine (C=N–C) groups is 1. The lowest BCUT2D eigenvalue weighted by Gasteiger charge is -2.29. The Balaban J connectivity index is 1.71. The maximum Gasteiger partial charge on any atom is 0.157 e. The second-order valence-electron chi connectivity index (χ2n) is 5.99. The van der Waals surface area contributed by atoms with Crippen molar-refractivity contribution >= 4 is 16.9 Å². The highest BCUT2D eigenvalue weighted by atomic mass is 32.2.